The standard InChI is InChI=1S/C18H34O9Si/c1-10(11(19)8-26-28(6,7)18(2,3)4)16(23)25-9-12-13(20)14(21)15(22)17(24-5)27-12/h11-15,17,19-22H,1,8-9H2,2-7H3/t11-,12-,13-,14+,15-,17-/m1/s1. The van der Waals surface area contributed by atoms with Crippen molar-refractivity contribution in [2.24, 2.45) is 0 Å². The molecule has 1 aliphatic heterocycles. The lowest BCUT2D eigenvalue weighted by Gasteiger charge is -2.39. The second kappa shape index (κ2) is 9.77. The first-order valence-corrected chi connectivity index (χ1v) is 12.0. The van der Waals surface area contributed by atoms with Crippen molar-refractivity contribution >= 4 is 14.3 Å². The second-order valence-electron chi connectivity index (χ2n) is 8.46. The molecule has 0 aromatic rings. The van der Waals surface area contributed by atoms with Gasteiger partial charge in [0.1, 0.15) is 37.1 Å². The molecule has 10 heteroatoms. The number of carbonyl (C=O) groups excluding carboxylic acids is 1. The summed E-state index contributed by atoms with van der Waals surface area (Å²) in [5.41, 5.74) is -0.187. The normalized spacial score (nSPS) is 30.0. The van der Waals surface area contributed by atoms with E-state index in [-0.39, 0.29) is 17.2 Å². The largest absolute Gasteiger partial charge is 0.459 e. The molecule has 164 valence electrons. The highest BCUT2D eigenvalue weighted by Gasteiger charge is 2.44. The van der Waals surface area contributed by atoms with Gasteiger partial charge < -0.3 is 39.1 Å². The minimum absolute atomic E-state index is 0.0493. The van der Waals surface area contributed by atoms with Gasteiger partial charge in [0.25, 0.3) is 0 Å². The van der Waals surface area contributed by atoms with Crippen molar-refractivity contribution in [2.75, 3.05) is 20.3 Å². The fourth-order valence-electron chi connectivity index (χ4n) is 2.24. The van der Waals surface area contributed by atoms with Crippen LogP contribution in [0.25, 0.3) is 0 Å². The molecule has 6 atom stereocenters. The highest BCUT2D eigenvalue weighted by Crippen LogP contribution is 2.36. The van der Waals surface area contributed by atoms with E-state index in [1.807, 2.05) is 13.1 Å². The lowest BCUT2D eigenvalue weighted by Crippen LogP contribution is -2.59. The molecule has 0 amide bonds. The van der Waals surface area contributed by atoms with E-state index in [1.165, 1.54) is 7.11 Å². The SMILES string of the molecule is C=C(C(=O)OC[C@H]1O[C@@H](OC)[C@H](O)[C@@H](O)[C@@H]1O)[C@H](O)CO[Si](C)(C)C(C)(C)C. The topological polar surface area (TPSA) is 135 Å². The first-order valence-electron chi connectivity index (χ1n) is 9.13. The first kappa shape index (κ1) is 25.2. The quantitative estimate of drug-likeness (QED) is 0.241. The maximum atomic E-state index is 12.1. The van der Waals surface area contributed by atoms with Gasteiger partial charge in [0.15, 0.2) is 14.6 Å². The average molecular weight is 423 g/mol. The molecule has 1 aliphatic rings. The average Bonchev–Trinajstić information content (AvgIpc) is 2.61. The van der Waals surface area contributed by atoms with Gasteiger partial charge in [0.2, 0.25) is 0 Å². The Morgan fingerprint density at radius 3 is 2.25 bits per heavy atom. The Hall–Kier alpha value is -0.853. The zero-order chi connectivity index (χ0) is 21.9. The van der Waals surface area contributed by atoms with Crippen molar-refractivity contribution in [3.8, 4) is 0 Å². The van der Waals surface area contributed by atoms with E-state index in [0.717, 1.165) is 0 Å². The van der Waals surface area contributed by atoms with Crippen LogP contribution in [-0.4, -0.2) is 91.8 Å². The maximum Gasteiger partial charge on any atom is 0.336 e. The van der Waals surface area contributed by atoms with Crippen LogP contribution < -0.4 is 0 Å². The molecule has 0 aromatic heterocycles. The highest BCUT2D eigenvalue weighted by molar-refractivity contribution is 6.74. The predicted octanol–water partition coefficient (Wildman–Crippen LogP) is -0.0775. The maximum absolute atomic E-state index is 12.1. The summed E-state index contributed by atoms with van der Waals surface area (Å²) in [4.78, 5) is 12.1. The molecular weight excluding hydrogens is 388 g/mol. The third-order valence-corrected chi connectivity index (χ3v) is 9.85. The molecule has 4 N–H and O–H groups in total. The van der Waals surface area contributed by atoms with Gasteiger partial charge in [-0.05, 0) is 18.1 Å². The van der Waals surface area contributed by atoms with E-state index >= 15 is 0 Å². The van der Waals surface area contributed by atoms with Crippen LogP contribution in [0.2, 0.25) is 18.1 Å². The van der Waals surface area contributed by atoms with Gasteiger partial charge in [-0.1, -0.05) is 27.4 Å². The Labute approximate surface area is 167 Å². The van der Waals surface area contributed by atoms with Gasteiger partial charge in [0.05, 0.1) is 12.2 Å². The number of rotatable bonds is 8. The minimum atomic E-state index is -2.10. The molecular formula is C18H34O9Si. The lowest BCUT2D eigenvalue weighted by molar-refractivity contribution is -0.295. The smallest absolute Gasteiger partial charge is 0.336 e. The van der Waals surface area contributed by atoms with Gasteiger partial charge in [-0.3, -0.25) is 0 Å². The molecule has 0 aliphatic carbocycles. The van der Waals surface area contributed by atoms with Gasteiger partial charge in [0, 0.05) is 7.11 Å². The third kappa shape index (κ3) is 6.07. The molecule has 28 heavy (non-hydrogen) atoms. The van der Waals surface area contributed by atoms with Gasteiger partial charge in [-0.15, -0.1) is 0 Å². The zero-order valence-electron chi connectivity index (χ0n) is 17.4. The Balaban J connectivity index is 2.57. The van der Waals surface area contributed by atoms with Crippen LogP contribution in [0.4, 0.5) is 0 Å². The minimum Gasteiger partial charge on any atom is -0.459 e. The monoisotopic (exact) mass is 422 g/mol. The van der Waals surface area contributed by atoms with Crippen molar-refractivity contribution in [2.45, 2.75) is 75.7 Å². The van der Waals surface area contributed by atoms with Crippen molar-refractivity contribution in [3.05, 3.63) is 12.2 Å². The summed E-state index contributed by atoms with van der Waals surface area (Å²) in [6.07, 6.45) is -7.95. The first-order chi connectivity index (χ1) is 12.7. The zero-order valence-corrected chi connectivity index (χ0v) is 18.4. The predicted molar refractivity (Wildman–Crippen MR) is 103 cm³/mol. The second-order valence-corrected chi connectivity index (χ2v) is 13.3. The van der Waals surface area contributed by atoms with Crippen molar-refractivity contribution < 1.29 is 43.9 Å². The van der Waals surface area contributed by atoms with E-state index in [4.69, 9.17) is 18.6 Å². The Morgan fingerprint density at radius 2 is 1.75 bits per heavy atom. The van der Waals surface area contributed by atoms with E-state index in [2.05, 4.69) is 27.4 Å². The number of methoxy groups -OCH3 is 1. The van der Waals surface area contributed by atoms with Crippen molar-refractivity contribution in [1.82, 2.24) is 0 Å². The van der Waals surface area contributed by atoms with Crippen LogP contribution in [0, 0.1) is 0 Å². The summed E-state index contributed by atoms with van der Waals surface area (Å²) < 4.78 is 21.1. The van der Waals surface area contributed by atoms with Crippen molar-refractivity contribution in [1.29, 1.82) is 0 Å². The number of carbonyl (C=O) groups is 1. The fourth-order valence-corrected chi connectivity index (χ4v) is 3.25. The van der Waals surface area contributed by atoms with Crippen LogP contribution in [0.5, 0.6) is 0 Å². The van der Waals surface area contributed by atoms with Crippen LogP contribution >= 0.6 is 0 Å². The van der Waals surface area contributed by atoms with Crippen molar-refractivity contribution in [3.63, 3.8) is 0 Å². The molecule has 0 saturated carbocycles. The Bertz CT molecular complexity index is 544. The molecule has 0 bridgehead atoms. The number of aliphatic hydroxyl groups excluding tert-OH is 4. The fraction of sp³-hybridized carbons (Fsp3) is 0.833. The molecule has 0 radical (unpaired) electrons. The number of aliphatic hydroxyl groups is 4. The summed E-state index contributed by atoms with van der Waals surface area (Å²) in [6, 6.07) is 0. The third-order valence-electron chi connectivity index (χ3n) is 5.35. The summed E-state index contributed by atoms with van der Waals surface area (Å²) in [6.45, 7) is 13.3. The molecule has 1 rings (SSSR count). The molecule has 1 saturated heterocycles. The van der Waals surface area contributed by atoms with Gasteiger partial charge >= 0.3 is 5.97 Å². The molecule has 0 unspecified atom stereocenters. The lowest BCUT2D eigenvalue weighted by atomic mass is 9.99. The molecule has 9 nitrogen and oxygen atoms in total. The number of hydrogen-bond donors (Lipinski definition) is 4. The van der Waals surface area contributed by atoms with E-state index < -0.39 is 57.7 Å². The van der Waals surface area contributed by atoms with Crippen LogP contribution in [0.3, 0.4) is 0 Å². The van der Waals surface area contributed by atoms with E-state index in [0.29, 0.717) is 0 Å². The Kier molecular flexibility index (Phi) is 8.78. The molecule has 1 fully saturated rings. The summed E-state index contributed by atoms with van der Waals surface area (Å²) >= 11 is 0. The molecule has 0 spiro atoms. The summed E-state index contributed by atoms with van der Waals surface area (Å²) in [7, 11) is -0.835. The molecule has 0 aromatic carbocycles. The van der Waals surface area contributed by atoms with Gasteiger partial charge in [-0.2, -0.15) is 0 Å². The number of ether oxygens (including phenoxy) is 3. The highest BCUT2D eigenvalue weighted by atomic mass is 28.4. The van der Waals surface area contributed by atoms with Crippen LogP contribution in [-0.2, 0) is 23.4 Å². The molecule has 1 heterocycles. The number of hydrogen-bond acceptors (Lipinski definition) is 9. The van der Waals surface area contributed by atoms with Crippen LogP contribution in [0.1, 0.15) is 20.8 Å². The van der Waals surface area contributed by atoms with Crippen LogP contribution in [0.15, 0.2) is 12.2 Å². The summed E-state index contributed by atoms with van der Waals surface area (Å²) in [5.74, 6) is -0.878. The Morgan fingerprint density at radius 1 is 1.18 bits per heavy atom. The number of esters is 1. The van der Waals surface area contributed by atoms with E-state index in [1.54, 1.807) is 0 Å². The van der Waals surface area contributed by atoms with Gasteiger partial charge in [-0.25, -0.2) is 4.79 Å². The summed E-state index contributed by atoms with van der Waals surface area (Å²) in [5, 5.41) is 39.6. The van der Waals surface area contributed by atoms with E-state index in [9.17, 15) is 25.2 Å².